The lowest BCUT2D eigenvalue weighted by molar-refractivity contribution is -0.143. The van der Waals surface area contributed by atoms with E-state index in [1.165, 1.54) is 20.9 Å². The minimum absolute atomic E-state index is 0.0386. The summed E-state index contributed by atoms with van der Waals surface area (Å²) < 4.78 is 116. The monoisotopic (exact) mass is 1360 g/mol. The highest BCUT2D eigenvalue weighted by Gasteiger charge is 2.41. The van der Waals surface area contributed by atoms with E-state index in [1.807, 2.05) is 32.0 Å². The summed E-state index contributed by atoms with van der Waals surface area (Å²) >= 11 is 0. The number of rotatable bonds is 15. The third-order valence-electron chi connectivity index (χ3n) is 16.1. The van der Waals surface area contributed by atoms with Gasteiger partial charge in [0, 0.05) is 130 Å². The maximum atomic E-state index is 14.6. The number of ether oxygens (including phenoxy) is 3. The van der Waals surface area contributed by atoms with Gasteiger partial charge in [-0.1, -0.05) is 54.2 Å². The van der Waals surface area contributed by atoms with Crippen LogP contribution in [0.25, 0.3) is 66.6 Å². The smallest absolute Gasteiger partial charge is 0.419 e. The minimum atomic E-state index is -4.79. The van der Waals surface area contributed by atoms with Crippen molar-refractivity contribution in [2.45, 2.75) is 150 Å². The summed E-state index contributed by atoms with van der Waals surface area (Å²) in [5.41, 5.74) is 2.01. The van der Waals surface area contributed by atoms with E-state index in [9.17, 15) is 50.6 Å². The Morgan fingerprint density at radius 1 is 0.688 bits per heavy atom. The third kappa shape index (κ3) is 16.9. The molecule has 8 heterocycles. The molecular formula is C66H81F6N13O10Si. The topological polar surface area (TPSA) is 274 Å². The number of piperidine rings is 2. The van der Waals surface area contributed by atoms with Crippen molar-refractivity contribution in [1.29, 1.82) is 0 Å². The van der Waals surface area contributed by atoms with E-state index in [0.29, 0.717) is 57.7 Å². The first-order valence-electron chi connectivity index (χ1n) is 31.2. The van der Waals surface area contributed by atoms with Gasteiger partial charge in [-0.15, -0.1) is 0 Å². The molecule has 2 saturated heterocycles. The largest absolute Gasteiger partial charge is 0.481 e. The number of fused-ring (bicyclic) bond motifs is 2. The zero-order chi connectivity index (χ0) is 70.3. The maximum Gasteiger partial charge on any atom is 0.419 e. The molecule has 0 saturated carbocycles. The van der Waals surface area contributed by atoms with Gasteiger partial charge in [0.25, 0.3) is 0 Å². The van der Waals surface area contributed by atoms with Gasteiger partial charge in [0.15, 0.2) is 0 Å². The average Bonchev–Trinajstić information content (AvgIpc) is 1.56. The SMILES string of the molecule is Cc1noc(C)c1-c1ccc2c(-c3nc(N[C@H]4C[C@@H](C(=O)N(C)C)CN(C(=O)OC(C)(C)C)C4)ncc3C(F)(F)F)c[nH]c2c1.Cc1noc(C)c1-c1ccc2c(-c3nc(N[C@H]4C[C@@H](C(=O)O)CN(C(=O)OC(C)(C)C)C4)ncc3C(F)(F)F)cn(COCC[Si](C)(C)C)c2c1. The highest BCUT2D eigenvalue weighted by Crippen LogP contribution is 2.43. The summed E-state index contributed by atoms with van der Waals surface area (Å²) in [4.78, 5) is 74.8. The van der Waals surface area contributed by atoms with Gasteiger partial charge in [-0.2, -0.15) is 26.3 Å². The summed E-state index contributed by atoms with van der Waals surface area (Å²) in [6.45, 7) is 25.1. The Morgan fingerprint density at radius 3 is 1.62 bits per heavy atom. The number of aryl methyl sites for hydroxylation is 4. The van der Waals surface area contributed by atoms with Crippen molar-refractivity contribution in [3.8, 4) is 44.8 Å². The Bertz CT molecular complexity index is 4140. The minimum Gasteiger partial charge on any atom is -0.481 e. The van der Waals surface area contributed by atoms with Crippen LogP contribution >= 0.6 is 0 Å². The van der Waals surface area contributed by atoms with Crippen molar-refractivity contribution in [1.82, 2.24) is 54.5 Å². The number of carboxylic acid groups (broad SMARTS) is 1. The molecule has 30 heteroatoms. The summed E-state index contributed by atoms with van der Waals surface area (Å²) in [5, 5.41) is 25.0. The van der Waals surface area contributed by atoms with Gasteiger partial charge in [0.2, 0.25) is 17.8 Å². The molecule has 96 heavy (non-hydrogen) atoms. The molecule has 2 aliphatic rings. The molecule has 4 N–H and O–H groups in total. The van der Waals surface area contributed by atoms with E-state index in [4.69, 9.17) is 23.3 Å². The molecule has 2 aliphatic heterocycles. The fraction of sp³-hybridized carbons (Fsp3) is 0.485. The number of benzene rings is 2. The molecule has 0 spiro atoms. The number of carbonyl (C=O) groups excluding carboxylic acids is 3. The number of nitrogens with one attached hydrogen (secondary N) is 3. The summed E-state index contributed by atoms with van der Waals surface area (Å²) in [6.07, 6.45) is -5.84. The van der Waals surface area contributed by atoms with E-state index >= 15 is 0 Å². The standard InChI is InChI=1S/C35H45F3N6O6Si.C31H36F3N7O4/c1-20-29(21(2)50-42-20)22-9-10-25-26(18-44(28(25)14-22)19-48-11-12-51(6,7)8)30-27(35(36,37)38)15-39-32(41-30)40-24-13-23(31(45)46)16-43(17-24)33(47)49-34(3,4)5;1-16-25(17(2)45-39-16)18-8-9-21-22(12-35-24(21)11-18)26-23(31(32,33)34)13-36-28(38-26)37-20-10-19(27(42)40(6)7)14-41(15-20)29(43)44-30(3,4)5/h9-10,14-15,18,23-24H,11-13,16-17,19H2,1-8H3,(H,45,46)(H,39,40,41);8-9,11-13,19-20,35H,10,14-15H2,1-7H3,(H,36,37,38)/t23-,24+;19-,20+/m11/s1. The van der Waals surface area contributed by atoms with Crippen molar-refractivity contribution in [3.05, 3.63) is 95.2 Å². The normalized spacial score (nSPS) is 17.3. The maximum absolute atomic E-state index is 14.6. The number of halogens is 6. The predicted molar refractivity (Wildman–Crippen MR) is 349 cm³/mol. The van der Waals surface area contributed by atoms with Crippen LogP contribution in [0.15, 0.2) is 70.2 Å². The molecule has 6 aromatic heterocycles. The quantitative estimate of drug-likeness (QED) is 0.0422. The van der Waals surface area contributed by atoms with Crippen LogP contribution in [-0.4, -0.2) is 162 Å². The number of anilines is 2. The van der Waals surface area contributed by atoms with Crippen LogP contribution < -0.4 is 10.6 Å². The molecule has 0 unspecified atom stereocenters. The molecule has 0 aliphatic carbocycles. The van der Waals surface area contributed by atoms with Gasteiger partial charge in [-0.05, 0) is 111 Å². The molecule has 2 fully saturated rings. The Balaban J connectivity index is 0.000000227. The molecular weight excluding hydrogens is 1280 g/mol. The van der Waals surface area contributed by atoms with Crippen LogP contribution in [0.1, 0.15) is 88.4 Å². The fourth-order valence-corrected chi connectivity index (χ4v) is 12.5. The van der Waals surface area contributed by atoms with Gasteiger partial charge in [-0.25, -0.2) is 29.5 Å². The second-order valence-electron chi connectivity index (χ2n) is 27.8. The molecule has 516 valence electrons. The number of hydrogen-bond donors (Lipinski definition) is 4. The number of aromatic nitrogens is 8. The number of amides is 3. The van der Waals surface area contributed by atoms with Crippen LogP contribution in [0, 0.1) is 39.5 Å². The van der Waals surface area contributed by atoms with Crippen molar-refractivity contribution >= 4 is 65.8 Å². The number of likely N-dealkylation sites (tertiary alicyclic amines) is 2. The number of carbonyl (C=O) groups is 4. The Labute approximate surface area is 551 Å². The summed E-state index contributed by atoms with van der Waals surface area (Å²) in [6, 6.07) is 10.5. The molecule has 3 amide bonds. The number of alkyl halides is 6. The van der Waals surface area contributed by atoms with E-state index in [1.54, 1.807) is 98.4 Å². The second-order valence-corrected chi connectivity index (χ2v) is 33.4. The third-order valence-corrected chi connectivity index (χ3v) is 17.8. The lowest BCUT2D eigenvalue weighted by Crippen LogP contribution is -2.53. The van der Waals surface area contributed by atoms with Crippen molar-refractivity contribution in [3.63, 3.8) is 0 Å². The van der Waals surface area contributed by atoms with Crippen LogP contribution in [0.2, 0.25) is 25.7 Å². The van der Waals surface area contributed by atoms with Crippen molar-refractivity contribution in [2.24, 2.45) is 11.8 Å². The van der Waals surface area contributed by atoms with E-state index in [2.05, 4.69) is 65.5 Å². The second kappa shape index (κ2) is 27.6. The van der Waals surface area contributed by atoms with Crippen LogP contribution in [0.3, 0.4) is 0 Å². The van der Waals surface area contributed by atoms with Crippen LogP contribution in [0.4, 0.5) is 47.8 Å². The molecule has 0 radical (unpaired) electrons. The molecule has 2 aromatic carbocycles. The van der Waals surface area contributed by atoms with E-state index in [-0.39, 0.29) is 79.6 Å². The number of aliphatic carboxylic acids is 1. The van der Waals surface area contributed by atoms with Crippen LogP contribution in [-0.2, 0) is 42.9 Å². The summed E-state index contributed by atoms with van der Waals surface area (Å²) in [5.74, 6) is -1.76. The molecule has 23 nitrogen and oxygen atoms in total. The first-order valence-corrected chi connectivity index (χ1v) is 34.9. The Hall–Kier alpha value is -9.06. The van der Waals surface area contributed by atoms with Gasteiger partial charge in [-0.3, -0.25) is 9.59 Å². The lowest BCUT2D eigenvalue weighted by Gasteiger charge is -2.38. The molecule has 0 bridgehead atoms. The number of aromatic amines is 1. The average molecular weight is 1360 g/mol. The number of hydrogen-bond acceptors (Lipinski definition) is 17. The van der Waals surface area contributed by atoms with Gasteiger partial charge >= 0.3 is 30.5 Å². The zero-order valence-electron chi connectivity index (χ0n) is 56.3. The Morgan fingerprint density at radius 2 is 1.17 bits per heavy atom. The first kappa shape index (κ1) is 71.2. The van der Waals surface area contributed by atoms with Crippen LogP contribution in [0.5, 0.6) is 0 Å². The Kier molecular flexibility index (Phi) is 20.5. The van der Waals surface area contributed by atoms with Crippen molar-refractivity contribution < 1.29 is 73.9 Å². The predicted octanol–water partition coefficient (Wildman–Crippen LogP) is 13.9. The molecule has 10 rings (SSSR count). The lowest BCUT2D eigenvalue weighted by atomic mass is 9.93. The first-order chi connectivity index (χ1) is 44.7. The highest BCUT2D eigenvalue weighted by molar-refractivity contribution is 6.76. The highest BCUT2D eigenvalue weighted by atomic mass is 28.3. The molecule has 8 aromatic rings. The number of H-pyrrole nitrogens is 1. The van der Waals surface area contributed by atoms with Gasteiger partial charge in [0.05, 0.1) is 40.1 Å². The number of nitrogens with zero attached hydrogens (tertiary/aromatic N) is 10. The van der Waals surface area contributed by atoms with E-state index in [0.717, 1.165) is 40.7 Å². The molecule has 4 atom stereocenters. The summed E-state index contributed by atoms with van der Waals surface area (Å²) in [7, 11) is 1.85. The zero-order valence-corrected chi connectivity index (χ0v) is 57.3. The fourth-order valence-electron chi connectivity index (χ4n) is 11.7. The van der Waals surface area contributed by atoms with Gasteiger partial charge in [0.1, 0.15) is 40.6 Å². The van der Waals surface area contributed by atoms with Gasteiger partial charge < -0.3 is 63.2 Å². The number of carboxylic acids is 1. The van der Waals surface area contributed by atoms with E-state index < -0.39 is 84.8 Å². The van der Waals surface area contributed by atoms with Crippen molar-refractivity contribution in [2.75, 3.05) is 57.5 Å².